The van der Waals surface area contributed by atoms with Crippen molar-refractivity contribution in [1.82, 2.24) is 9.97 Å². The summed E-state index contributed by atoms with van der Waals surface area (Å²) < 4.78 is 41.6. The second kappa shape index (κ2) is 5.09. The number of fused-ring (bicyclic) bond motifs is 2. The molecule has 0 unspecified atom stereocenters. The zero-order valence-corrected chi connectivity index (χ0v) is 13.1. The fraction of sp³-hybridized carbons (Fsp3) is 0. The van der Waals surface area contributed by atoms with Crippen molar-refractivity contribution in [1.29, 1.82) is 0 Å². The topological polar surface area (TPSA) is 28.7 Å². The molecule has 0 amide bonds. The molecule has 0 aliphatic heterocycles. The van der Waals surface area contributed by atoms with E-state index < -0.39 is 17.5 Å². The van der Waals surface area contributed by atoms with Gasteiger partial charge in [-0.3, -0.25) is 0 Å². The predicted molar refractivity (Wildman–Crippen MR) is 86.6 cm³/mol. The Kier molecular flexibility index (Phi) is 3.16. The summed E-state index contributed by atoms with van der Waals surface area (Å²) in [7, 11) is 0. The Morgan fingerprint density at radius 1 is 0.957 bits per heavy atom. The van der Waals surface area contributed by atoms with Gasteiger partial charge in [0.05, 0.1) is 16.7 Å². The van der Waals surface area contributed by atoms with Crippen LogP contribution in [0.2, 0.25) is 0 Å². The lowest BCUT2D eigenvalue weighted by Gasteiger charge is -2.04. The van der Waals surface area contributed by atoms with Crippen LogP contribution in [-0.2, 0) is 0 Å². The zero-order chi connectivity index (χ0) is 16.1. The number of hydrogen-bond acceptors (Lipinski definition) is 1. The fourth-order valence-corrected chi connectivity index (χ4v) is 3.14. The van der Waals surface area contributed by atoms with Gasteiger partial charge in [-0.15, -0.1) is 0 Å². The Morgan fingerprint density at radius 2 is 1.78 bits per heavy atom. The van der Waals surface area contributed by atoms with Gasteiger partial charge in [-0.25, -0.2) is 18.2 Å². The van der Waals surface area contributed by atoms with Crippen LogP contribution in [0.5, 0.6) is 0 Å². The normalized spacial score (nSPS) is 11.5. The molecule has 2 aromatic heterocycles. The highest BCUT2D eigenvalue weighted by Crippen LogP contribution is 2.32. The minimum absolute atomic E-state index is 0.0740. The van der Waals surface area contributed by atoms with Gasteiger partial charge in [-0.2, -0.15) is 0 Å². The second-order valence-electron chi connectivity index (χ2n) is 5.11. The molecule has 2 heterocycles. The molecule has 2 nitrogen and oxygen atoms in total. The Bertz CT molecular complexity index is 1070. The van der Waals surface area contributed by atoms with E-state index in [1.165, 1.54) is 6.20 Å². The largest absolute Gasteiger partial charge is 0.358 e. The number of aromatic nitrogens is 2. The molecule has 0 aliphatic carbocycles. The lowest BCUT2D eigenvalue weighted by atomic mass is 10.1. The molecule has 23 heavy (non-hydrogen) atoms. The number of halogens is 4. The molecule has 2 aromatic carbocycles. The summed E-state index contributed by atoms with van der Waals surface area (Å²) in [4.78, 5) is 7.17. The highest BCUT2D eigenvalue weighted by atomic mass is 79.9. The molecule has 0 aliphatic rings. The van der Waals surface area contributed by atoms with E-state index in [1.54, 1.807) is 6.07 Å². The van der Waals surface area contributed by atoms with Crippen LogP contribution in [-0.4, -0.2) is 9.97 Å². The minimum Gasteiger partial charge on any atom is -0.358 e. The van der Waals surface area contributed by atoms with E-state index in [9.17, 15) is 13.2 Å². The first-order chi connectivity index (χ1) is 11.1. The van der Waals surface area contributed by atoms with Crippen molar-refractivity contribution in [2.45, 2.75) is 0 Å². The van der Waals surface area contributed by atoms with Crippen molar-refractivity contribution in [2.24, 2.45) is 0 Å². The number of rotatable bonds is 1. The van der Waals surface area contributed by atoms with Crippen molar-refractivity contribution in [3.05, 3.63) is 64.5 Å². The SMILES string of the molecule is Fc1cc2c(-c3ccc4c(Br)cccc4n3)c[nH]c2c(F)c1F. The van der Waals surface area contributed by atoms with Gasteiger partial charge < -0.3 is 4.98 Å². The van der Waals surface area contributed by atoms with E-state index in [4.69, 9.17) is 0 Å². The van der Waals surface area contributed by atoms with Crippen LogP contribution in [0.4, 0.5) is 13.2 Å². The van der Waals surface area contributed by atoms with Crippen molar-refractivity contribution in [3.63, 3.8) is 0 Å². The molecule has 0 fully saturated rings. The second-order valence-corrected chi connectivity index (χ2v) is 5.97. The third kappa shape index (κ3) is 2.13. The summed E-state index contributed by atoms with van der Waals surface area (Å²) in [5, 5.41) is 1.18. The summed E-state index contributed by atoms with van der Waals surface area (Å²) >= 11 is 3.45. The summed E-state index contributed by atoms with van der Waals surface area (Å²) in [5.41, 5.74) is 1.73. The Morgan fingerprint density at radius 3 is 2.61 bits per heavy atom. The molecular formula is C17H8BrF3N2. The molecule has 0 spiro atoms. The molecule has 6 heteroatoms. The number of aromatic amines is 1. The van der Waals surface area contributed by atoms with Gasteiger partial charge in [0.2, 0.25) is 0 Å². The van der Waals surface area contributed by atoms with Crippen LogP contribution in [0.3, 0.4) is 0 Å². The molecule has 4 rings (SSSR count). The number of nitrogens with one attached hydrogen (secondary N) is 1. The van der Waals surface area contributed by atoms with Gasteiger partial charge in [-0.1, -0.05) is 22.0 Å². The number of hydrogen-bond donors (Lipinski definition) is 1. The van der Waals surface area contributed by atoms with Gasteiger partial charge in [-0.05, 0) is 30.3 Å². The molecule has 0 saturated carbocycles. The highest BCUT2D eigenvalue weighted by molar-refractivity contribution is 9.10. The predicted octanol–water partition coefficient (Wildman–Crippen LogP) is 5.56. The third-order valence-electron chi connectivity index (χ3n) is 3.77. The lowest BCUT2D eigenvalue weighted by molar-refractivity contribution is 0.453. The molecule has 0 atom stereocenters. The zero-order valence-electron chi connectivity index (χ0n) is 11.5. The van der Waals surface area contributed by atoms with Crippen molar-refractivity contribution in [3.8, 4) is 11.3 Å². The molecule has 0 radical (unpaired) electrons. The highest BCUT2D eigenvalue weighted by Gasteiger charge is 2.18. The number of pyridine rings is 1. The number of nitrogens with zero attached hydrogens (tertiary/aromatic N) is 1. The van der Waals surface area contributed by atoms with Crippen LogP contribution in [0.1, 0.15) is 0 Å². The molecule has 114 valence electrons. The van der Waals surface area contributed by atoms with Gasteiger partial charge in [0.25, 0.3) is 0 Å². The fourth-order valence-electron chi connectivity index (χ4n) is 2.65. The van der Waals surface area contributed by atoms with Crippen molar-refractivity contribution < 1.29 is 13.2 Å². The van der Waals surface area contributed by atoms with Gasteiger partial charge >= 0.3 is 0 Å². The van der Waals surface area contributed by atoms with Gasteiger partial charge in [0.1, 0.15) is 0 Å². The number of H-pyrrole nitrogens is 1. The third-order valence-corrected chi connectivity index (χ3v) is 4.46. The van der Waals surface area contributed by atoms with E-state index in [0.717, 1.165) is 21.4 Å². The van der Waals surface area contributed by atoms with Crippen molar-refractivity contribution in [2.75, 3.05) is 0 Å². The van der Waals surface area contributed by atoms with Crippen LogP contribution >= 0.6 is 15.9 Å². The van der Waals surface area contributed by atoms with Crippen molar-refractivity contribution >= 4 is 37.7 Å². The Balaban J connectivity index is 1.99. The average molecular weight is 377 g/mol. The molecule has 4 aromatic rings. The Labute approximate surface area is 137 Å². The smallest absolute Gasteiger partial charge is 0.196 e. The summed E-state index contributed by atoms with van der Waals surface area (Å²) in [5.74, 6) is -3.93. The monoisotopic (exact) mass is 376 g/mol. The molecular weight excluding hydrogens is 369 g/mol. The summed E-state index contributed by atoms with van der Waals surface area (Å²) in [6.07, 6.45) is 1.50. The van der Waals surface area contributed by atoms with Gasteiger partial charge in [0, 0.05) is 27.0 Å². The lowest BCUT2D eigenvalue weighted by Crippen LogP contribution is -1.92. The maximum absolute atomic E-state index is 13.8. The maximum Gasteiger partial charge on any atom is 0.196 e. The summed E-state index contributed by atoms with van der Waals surface area (Å²) in [6.45, 7) is 0. The average Bonchev–Trinajstić information content (AvgIpc) is 2.96. The van der Waals surface area contributed by atoms with Crippen LogP contribution < -0.4 is 0 Å². The van der Waals surface area contributed by atoms with E-state index in [0.29, 0.717) is 11.3 Å². The molecule has 1 N–H and O–H groups in total. The minimum atomic E-state index is -1.48. The van der Waals surface area contributed by atoms with E-state index in [1.807, 2.05) is 24.3 Å². The Hall–Kier alpha value is -2.34. The van der Waals surface area contributed by atoms with E-state index in [2.05, 4.69) is 25.9 Å². The van der Waals surface area contributed by atoms with Crippen LogP contribution in [0.15, 0.2) is 47.1 Å². The quantitative estimate of drug-likeness (QED) is 0.432. The first-order valence-corrected chi connectivity index (χ1v) is 7.56. The first kappa shape index (κ1) is 14.3. The maximum atomic E-state index is 13.8. The van der Waals surface area contributed by atoms with Crippen LogP contribution in [0.25, 0.3) is 33.1 Å². The molecule has 0 bridgehead atoms. The van der Waals surface area contributed by atoms with Gasteiger partial charge in [0.15, 0.2) is 17.5 Å². The number of benzene rings is 2. The van der Waals surface area contributed by atoms with E-state index in [-0.39, 0.29) is 10.9 Å². The first-order valence-electron chi connectivity index (χ1n) is 6.76. The van der Waals surface area contributed by atoms with Crippen LogP contribution in [0, 0.1) is 17.5 Å². The molecule has 0 saturated heterocycles. The standard InChI is InChI=1S/C17H8BrF3N2/c18-11-2-1-3-13-8(11)4-5-14(23-13)10-7-22-17-9(10)6-12(19)15(20)16(17)21/h1-7,22H. The summed E-state index contributed by atoms with van der Waals surface area (Å²) in [6, 6.07) is 10.2. The van der Waals surface area contributed by atoms with E-state index >= 15 is 0 Å².